The Balaban J connectivity index is 1.44. The molecule has 0 saturated heterocycles. The molecule has 3 aromatic rings. The Morgan fingerprint density at radius 3 is 2.30 bits per heavy atom. The number of aliphatic carboxylic acids is 1. The molecule has 1 atom stereocenters. The van der Waals surface area contributed by atoms with Crippen molar-refractivity contribution >= 4 is 11.9 Å². The third-order valence-electron chi connectivity index (χ3n) is 6.00. The molecule has 1 aliphatic rings. The second kappa shape index (κ2) is 9.90. The zero-order valence-electron chi connectivity index (χ0n) is 18.9. The molecule has 1 amide bonds. The molecule has 1 aliphatic heterocycles. The van der Waals surface area contributed by atoms with Gasteiger partial charge in [-0.05, 0) is 54.7 Å². The van der Waals surface area contributed by atoms with Crippen LogP contribution >= 0.6 is 0 Å². The summed E-state index contributed by atoms with van der Waals surface area (Å²) in [6, 6.07) is 25.6. The van der Waals surface area contributed by atoms with E-state index in [4.69, 9.17) is 4.74 Å². The first kappa shape index (κ1) is 22.6. The number of carboxylic acids is 1. The van der Waals surface area contributed by atoms with Crippen molar-refractivity contribution in [1.82, 2.24) is 4.90 Å². The average Bonchev–Trinajstić information content (AvgIpc) is 3.13. The number of ether oxygens (including phenoxy) is 1. The standard InChI is InChI=1S/C28H29NO4/c1-28(18-22-11-6-3-7-12-22)19-24-17-23(14-15-25(24)33-28)27(32)29(20-26(30)31)16-8-13-21-9-4-2-5-10-21/h2-7,9-12,14-15,17H,8,13,16,18-20H2,1H3,(H,30,31). The van der Waals surface area contributed by atoms with Crippen molar-refractivity contribution < 1.29 is 19.4 Å². The van der Waals surface area contributed by atoms with E-state index in [0.717, 1.165) is 24.2 Å². The molecule has 0 aromatic heterocycles. The summed E-state index contributed by atoms with van der Waals surface area (Å²) in [5.74, 6) is -0.480. The van der Waals surface area contributed by atoms with Gasteiger partial charge in [0.15, 0.2) is 0 Å². The van der Waals surface area contributed by atoms with Crippen LogP contribution in [-0.2, 0) is 24.1 Å². The number of carboxylic acid groups (broad SMARTS) is 1. The van der Waals surface area contributed by atoms with Crippen LogP contribution in [0.15, 0.2) is 78.9 Å². The van der Waals surface area contributed by atoms with Crippen molar-refractivity contribution in [3.63, 3.8) is 0 Å². The molecule has 170 valence electrons. The molecule has 3 aromatic carbocycles. The molecule has 33 heavy (non-hydrogen) atoms. The maximum Gasteiger partial charge on any atom is 0.323 e. The van der Waals surface area contributed by atoms with Gasteiger partial charge in [0.25, 0.3) is 5.91 Å². The molecule has 5 nitrogen and oxygen atoms in total. The van der Waals surface area contributed by atoms with Crippen molar-refractivity contribution in [1.29, 1.82) is 0 Å². The second-order valence-corrected chi connectivity index (χ2v) is 8.92. The SMILES string of the molecule is CC1(Cc2ccccc2)Cc2cc(C(=O)N(CCCc3ccccc3)CC(=O)O)ccc2O1. The highest BCUT2D eigenvalue weighted by molar-refractivity contribution is 5.96. The summed E-state index contributed by atoms with van der Waals surface area (Å²) in [6.45, 7) is 2.16. The van der Waals surface area contributed by atoms with Crippen LogP contribution in [0.1, 0.15) is 40.4 Å². The topological polar surface area (TPSA) is 66.8 Å². The van der Waals surface area contributed by atoms with Gasteiger partial charge in [-0.2, -0.15) is 0 Å². The van der Waals surface area contributed by atoms with Gasteiger partial charge in [-0.1, -0.05) is 60.7 Å². The Morgan fingerprint density at radius 2 is 1.64 bits per heavy atom. The molecule has 0 radical (unpaired) electrons. The zero-order chi connectivity index (χ0) is 23.3. The van der Waals surface area contributed by atoms with Gasteiger partial charge < -0.3 is 14.7 Å². The van der Waals surface area contributed by atoms with Crippen molar-refractivity contribution in [2.75, 3.05) is 13.1 Å². The Morgan fingerprint density at radius 1 is 0.970 bits per heavy atom. The second-order valence-electron chi connectivity index (χ2n) is 8.92. The Hall–Kier alpha value is -3.60. The van der Waals surface area contributed by atoms with Crippen molar-refractivity contribution in [2.24, 2.45) is 0 Å². The quantitative estimate of drug-likeness (QED) is 0.517. The van der Waals surface area contributed by atoms with Gasteiger partial charge in [0.1, 0.15) is 17.9 Å². The summed E-state index contributed by atoms with van der Waals surface area (Å²) < 4.78 is 6.25. The fourth-order valence-electron chi connectivity index (χ4n) is 4.50. The smallest absolute Gasteiger partial charge is 0.323 e. The van der Waals surface area contributed by atoms with Gasteiger partial charge in [-0.25, -0.2) is 0 Å². The Kier molecular flexibility index (Phi) is 6.78. The summed E-state index contributed by atoms with van der Waals surface area (Å²) >= 11 is 0. The zero-order valence-corrected chi connectivity index (χ0v) is 18.9. The molecule has 0 saturated carbocycles. The van der Waals surface area contributed by atoms with E-state index in [9.17, 15) is 14.7 Å². The number of carbonyl (C=O) groups excluding carboxylic acids is 1. The first-order chi connectivity index (χ1) is 15.9. The number of rotatable bonds is 9. The average molecular weight is 444 g/mol. The highest BCUT2D eigenvalue weighted by Gasteiger charge is 2.35. The largest absolute Gasteiger partial charge is 0.487 e. The number of carbonyl (C=O) groups is 2. The highest BCUT2D eigenvalue weighted by atomic mass is 16.5. The van der Waals surface area contributed by atoms with E-state index in [1.54, 1.807) is 6.07 Å². The van der Waals surface area contributed by atoms with Crippen LogP contribution < -0.4 is 4.74 Å². The third kappa shape index (κ3) is 5.80. The predicted octanol–water partition coefficient (Wildman–Crippen LogP) is 4.78. The van der Waals surface area contributed by atoms with Crippen LogP contribution in [0, 0.1) is 0 Å². The van der Waals surface area contributed by atoms with Gasteiger partial charge in [0, 0.05) is 24.9 Å². The summed E-state index contributed by atoms with van der Waals surface area (Å²) in [5, 5.41) is 9.35. The van der Waals surface area contributed by atoms with E-state index in [-0.39, 0.29) is 18.1 Å². The molecule has 1 heterocycles. The maximum atomic E-state index is 13.2. The molecule has 0 fully saturated rings. The number of fused-ring (bicyclic) bond motifs is 1. The molecule has 0 spiro atoms. The van der Waals surface area contributed by atoms with Crippen LogP contribution in [0.5, 0.6) is 5.75 Å². The Labute approximate surface area is 194 Å². The number of hydrogen-bond acceptors (Lipinski definition) is 3. The summed E-state index contributed by atoms with van der Waals surface area (Å²) in [4.78, 5) is 26.0. The monoisotopic (exact) mass is 443 g/mol. The normalized spacial score (nSPS) is 16.6. The number of aryl methyl sites for hydroxylation is 1. The summed E-state index contributed by atoms with van der Waals surface area (Å²) in [5.41, 5.74) is 3.49. The lowest BCUT2D eigenvalue weighted by Gasteiger charge is -2.24. The number of amides is 1. The van der Waals surface area contributed by atoms with E-state index in [1.165, 1.54) is 16.0 Å². The molecular weight excluding hydrogens is 414 g/mol. The first-order valence-corrected chi connectivity index (χ1v) is 11.3. The van der Waals surface area contributed by atoms with Gasteiger partial charge in [-0.3, -0.25) is 9.59 Å². The molecule has 0 aliphatic carbocycles. The minimum Gasteiger partial charge on any atom is -0.487 e. The van der Waals surface area contributed by atoms with Crippen LogP contribution in [0.3, 0.4) is 0 Å². The summed E-state index contributed by atoms with van der Waals surface area (Å²) in [7, 11) is 0. The van der Waals surface area contributed by atoms with Crippen molar-refractivity contribution in [3.05, 3.63) is 101 Å². The number of nitrogens with zero attached hydrogens (tertiary/aromatic N) is 1. The van der Waals surface area contributed by atoms with E-state index in [1.807, 2.05) is 60.7 Å². The van der Waals surface area contributed by atoms with Crippen molar-refractivity contribution in [2.45, 2.75) is 38.2 Å². The lowest BCUT2D eigenvalue weighted by Crippen LogP contribution is -2.36. The first-order valence-electron chi connectivity index (χ1n) is 11.3. The van der Waals surface area contributed by atoms with E-state index < -0.39 is 5.97 Å². The summed E-state index contributed by atoms with van der Waals surface area (Å²) in [6.07, 6.45) is 2.97. The van der Waals surface area contributed by atoms with Gasteiger partial charge in [-0.15, -0.1) is 0 Å². The van der Waals surface area contributed by atoms with Gasteiger partial charge in [0.2, 0.25) is 0 Å². The van der Waals surface area contributed by atoms with Gasteiger partial charge >= 0.3 is 5.97 Å². The maximum absolute atomic E-state index is 13.2. The van der Waals surface area contributed by atoms with Crippen LogP contribution in [0.25, 0.3) is 0 Å². The van der Waals surface area contributed by atoms with Crippen LogP contribution in [0.4, 0.5) is 0 Å². The minimum atomic E-state index is -1.01. The molecule has 1 unspecified atom stereocenters. The van der Waals surface area contributed by atoms with E-state index >= 15 is 0 Å². The minimum absolute atomic E-state index is 0.259. The number of hydrogen-bond donors (Lipinski definition) is 1. The van der Waals surface area contributed by atoms with E-state index in [2.05, 4.69) is 19.1 Å². The lowest BCUT2D eigenvalue weighted by atomic mass is 9.91. The fourth-order valence-corrected chi connectivity index (χ4v) is 4.50. The van der Waals surface area contributed by atoms with Crippen molar-refractivity contribution in [3.8, 4) is 5.75 Å². The molecular formula is C28H29NO4. The molecule has 5 heteroatoms. The molecule has 0 bridgehead atoms. The third-order valence-corrected chi connectivity index (χ3v) is 6.00. The lowest BCUT2D eigenvalue weighted by molar-refractivity contribution is -0.137. The van der Waals surface area contributed by atoms with Gasteiger partial charge in [0.05, 0.1) is 0 Å². The van der Waals surface area contributed by atoms with Crippen LogP contribution in [-0.4, -0.2) is 40.6 Å². The predicted molar refractivity (Wildman–Crippen MR) is 128 cm³/mol. The Bertz CT molecular complexity index is 1110. The number of benzene rings is 3. The fraction of sp³-hybridized carbons (Fsp3) is 0.286. The van der Waals surface area contributed by atoms with E-state index in [0.29, 0.717) is 24.9 Å². The molecule has 1 N–H and O–H groups in total. The van der Waals surface area contributed by atoms with Crippen LogP contribution in [0.2, 0.25) is 0 Å². The highest BCUT2D eigenvalue weighted by Crippen LogP contribution is 2.37. The molecule has 4 rings (SSSR count).